The molecule has 7 nitrogen and oxygen atoms in total. The number of carbonyl (C=O) groups excluding carboxylic acids is 2. The monoisotopic (exact) mass is 593 g/mol. The van der Waals surface area contributed by atoms with E-state index >= 15 is 0 Å². The van der Waals surface area contributed by atoms with Gasteiger partial charge in [-0.1, -0.05) is 72.6 Å². The number of nitrogens with one attached hydrogen (secondary N) is 1. The van der Waals surface area contributed by atoms with Crippen LogP contribution >= 0.6 is 23.2 Å². The van der Waals surface area contributed by atoms with Gasteiger partial charge in [0.15, 0.2) is 0 Å². The third kappa shape index (κ3) is 8.68. The van der Waals surface area contributed by atoms with E-state index in [4.69, 9.17) is 23.2 Å². The number of sulfonamides is 1. The van der Waals surface area contributed by atoms with Crippen molar-refractivity contribution in [3.05, 3.63) is 99.8 Å². The van der Waals surface area contributed by atoms with E-state index in [1.54, 1.807) is 0 Å². The quantitative estimate of drug-likeness (QED) is 0.318. The van der Waals surface area contributed by atoms with Gasteiger partial charge in [-0.15, -0.1) is 0 Å². The van der Waals surface area contributed by atoms with Crippen molar-refractivity contribution >= 4 is 50.7 Å². The first-order valence-electron chi connectivity index (χ1n) is 12.3. The van der Waals surface area contributed by atoms with Crippen LogP contribution in [0.25, 0.3) is 0 Å². The fourth-order valence-electron chi connectivity index (χ4n) is 3.98. The maximum Gasteiger partial charge on any atom is 0.244 e. The minimum absolute atomic E-state index is 0.0485. The Morgan fingerprint density at radius 3 is 2.23 bits per heavy atom. The highest BCUT2D eigenvalue weighted by molar-refractivity contribution is 7.92. The molecule has 3 rings (SSSR count). The minimum atomic E-state index is -3.97. The first-order chi connectivity index (χ1) is 18.5. The molecule has 0 aliphatic rings. The van der Waals surface area contributed by atoms with Crippen LogP contribution in [0.5, 0.6) is 0 Å². The third-order valence-corrected chi connectivity index (χ3v) is 7.61. The van der Waals surface area contributed by atoms with Gasteiger partial charge < -0.3 is 10.2 Å². The zero-order valence-corrected chi connectivity index (χ0v) is 23.9. The molecule has 39 heavy (non-hydrogen) atoms. The van der Waals surface area contributed by atoms with E-state index in [0.29, 0.717) is 23.6 Å². The predicted molar refractivity (Wildman–Crippen MR) is 153 cm³/mol. The van der Waals surface area contributed by atoms with Gasteiger partial charge in [-0.2, -0.15) is 0 Å². The predicted octanol–water partition coefficient (Wildman–Crippen LogP) is 5.06. The molecule has 0 radical (unpaired) electrons. The maximum absolute atomic E-state index is 13.9. The molecule has 0 saturated heterocycles. The van der Waals surface area contributed by atoms with Crippen molar-refractivity contribution in [2.45, 2.75) is 32.4 Å². The minimum Gasteiger partial charge on any atom is -0.354 e. The summed E-state index contributed by atoms with van der Waals surface area (Å²) in [6, 6.07) is 18.0. The van der Waals surface area contributed by atoms with Crippen molar-refractivity contribution in [3.63, 3.8) is 0 Å². The van der Waals surface area contributed by atoms with Crippen molar-refractivity contribution in [1.29, 1.82) is 0 Å². The first kappa shape index (κ1) is 30.4. The van der Waals surface area contributed by atoms with Crippen molar-refractivity contribution in [2.75, 3.05) is 23.7 Å². The number of carbonyl (C=O) groups is 2. The number of amides is 2. The molecule has 1 atom stereocenters. The van der Waals surface area contributed by atoms with Crippen LogP contribution in [0.3, 0.4) is 0 Å². The highest BCUT2D eigenvalue weighted by atomic mass is 35.5. The Kier molecular flexibility index (Phi) is 10.7. The Labute approximate surface area is 238 Å². The smallest absolute Gasteiger partial charge is 0.244 e. The third-order valence-electron chi connectivity index (χ3n) is 5.94. The average Bonchev–Trinajstić information content (AvgIpc) is 2.89. The zero-order valence-electron chi connectivity index (χ0n) is 21.6. The van der Waals surface area contributed by atoms with E-state index in [9.17, 15) is 22.4 Å². The van der Waals surface area contributed by atoms with E-state index < -0.39 is 34.3 Å². The van der Waals surface area contributed by atoms with Crippen molar-refractivity contribution in [3.8, 4) is 0 Å². The lowest BCUT2D eigenvalue weighted by molar-refractivity contribution is -0.140. The molecule has 0 bridgehead atoms. The highest BCUT2D eigenvalue weighted by Crippen LogP contribution is 2.30. The van der Waals surface area contributed by atoms with E-state index in [0.717, 1.165) is 16.1 Å². The van der Waals surface area contributed by atoms with Gasteiger partial charge in [0.1, 0.15) is 18.4 Å². The van der Waals surface area contributed by atoms with Crippen molar-refractivity contribution in [2.24, 2.45) is 0 Å². The normalized spacial score (nSPS) is 12.0. The second kappa shape index (κ2) is 13.8. The Bertz CT molecular complexity index is 1390. The molecule has 0 saturated carbocycles. The van der Waals surface area contributed by atoms with Crippen LogP contribution in [0.1, 0.15) is 24.5 Å². The molecule has 0 aliphatic heterocycles. The second-order valence-corrected chi connectivity index (χ2v) is 11.8. The molecule has 0 aliphatic carbocycles. The number of nitrogens with zero attached hydrogens (tertiary/aromatic N) is 2. The van der Waals surface area contributed by atoms with Gasteiger partial charge in [-0.25, -0.2) is 12.8 Å². The largest absolute Gasteiger partial charge is 0.354 e. The summed E-state index contributed by atoms with van der Waals surface area (Å²) in [6.07, 6.45) is 1.83. The lowest BCUT2D eigenvalue weighted by atomic mass is 10.0. The van der Waals surface area contributed by atoms with Gasteiger partial charge in [0, 0.05) is 24.5 Å². The van der Waals surface area contributed by atoms with Crippen molar-refractivity contribution in [1.82, 2.24) is 10.2 Å². The van der Waals surface area contributed by atoms with Crippen LogP contribution < -0.4 is 9.62 Å². The first-order valence-corrected chi connectivity index (χ1v) is 14.9. The lowest BCUT2D eigenvalue weighted by Crippen LogP contribution is -2.53. The number of hydrogen-bond donors (Lipinski definition) is 1. The van der Waals surface area contributed by atoms with Gasteiger partial charge in [-0.3, -0.25) is 13.9 Å². The molecule has 0 spiro atoms. The summed E-state index contributed by atoms with van der Waals surface area (Å²) >= 11 is 12.3. The van der Waals surface area contributed by atoms with E-state index in [1.807, 2.05) is 37.3 Å². The summed E-state index contributed by atoms with van der Waals surface area (Å²) in [6.45, 7) is 1.64. The summed E-state index contributed by atoms with van der Waals surface area (Å²) < 4.78 is 40.1. The molecular weight excluding hydrogens is 564 g/mol. The van der Waals surface area contributed by atoms with Gasteiger partial charge in [-0.05, 0) is 47.9 Å². The van der Waals surface area contributed by atoms with E-state index in [2.05, 4.69) is 5.32 Å². The van der Waals surface area contributed by atoms with Crippen LogP contribution in [-0.2, 0) is 32.6 Å². The molecule has 208 valence electrons. The Morgan fingerprint density at radius 2 is 1.64 bits per heavy atom. The molecule has 0 unspecified atom stereocenters. The Morgan fingerprint density at radius 1 is 0.974 bits per heavy atom. The number of anilines is 1. The fourth-order valence-corrected chi connectivity index (χ4v) is 5.41. The van der Waals surface area contributed by atoms with Crippen LogP contribution in [0.2, 0.25) is 10.0 Å². The number of hydrogen-bond acceptors (Lipinski definition) is 4. The summed E-state index contributed by atoms with van der Waals surface area (Å²) in [4.78, 5) is 28.7. The van der Waals surface area contributed by atoms with E-state index in [1.165, 1.54) is 47.4 Å². The number of halogens is 3. The van der Waals surface area contributed by atoms with Crippen LogP contribution in [-0.4, -0.2) is 50.5 Å². The summed E-state index contributed by atoms with van der Waals surface area (Å²) in [7, 11) is -3.97. The molecule has 3 aromatic rings. The Balaban J connectivity index is 2.05. The summed E-state index contributed by atoms with van der Waals surface area (Å²) in [5.74, 6) is -1.46. The second-order valence-electron chi connectivity index (χ2n) is 9.01. The van der Waals surface area contributed by atoms with Gasteiger partial charge >= 0.3 is 0 Å². The zero-order chi connectivity index (χ0) is 28.6. The van der Waals surface area contributed by atoms with E-state index in [-0.39, 0.29) is 29.6 Å². The number of rotatable bonds is 12. The van der Waals surface area contributed by atoms with Gasteiger partial charge in [0.05, 0.1) is 17.0 Å². The average molecular weight is 595 g/mol. The lowest BCUT2D eigenvalue weighted by Gasteiger charge is -2.33. The molecule has 2 amide bonds. The summed E-state index contributed by atoms with van der Waals surface area (Å²) in [5.41, 5.74) is 1.46. The molecular formula is C28H30Cl2FN3O4S. The van der Waals surface area contributed by atoms with Crippen molar-refractivity contribution < 1.29 is 22.4 Å². The molecule has 11 heteroatoms. The van der Waals surface area contributed by atoms with Crippen LogP contribution in [0.15, 0.2) is 72.8 Å². The topological polar surface area (TPSA) is 86.8 Å². The molecule has 0 heterocycles. The van der Waals surface area contributed by atoms with Crippen LogP contribution in [0, 0.1) is 5.82 Å². The fraction of sp³-hybridized carbons (Fsp3) is 0.286. The summed E-state index contributed by atoms with van der Waals surface area (Å²) in [5, 5.41) is 3.20. The van der Waals surface area contributed by atoms with Crippen LogP contribution in [0.4, 0.5) is 10.1 Å². The molecule has 0 aromatic heterocycles. The molecule has 1 N–H and O–H groups in total. The van der Waals surface area contributed by atoms with Gasteiger partial charge in [0.25, 0.3) is 0 Å². The SMILES string of the molecule is CCCNC(=O)[C@@H](Cc1ccccc1)N(Cc1ccc(F)cc1)C(=O)CN(c1ccc(Cl)cc1Cl)S(C)(=O)=O. The molecule has 0 fully saturated rings. The number of benzene rings is 3. The highest BCUT2D eigenvalue weighted by Gasteiger charge is 2.33. The molecule has 3 aromatic carbocycles. The van der Waals surface area contributed by atoms with Gasteiger partial charge in [0.2, 0.25) is 21.8 Å². The maximum atomic E-state index is 13.9. The Hall–Kier alpha value is -3.14. The standard InChI is InChI=1S/C28H30Cl2FN3O4S/c1-3-15-32-28(36)26(16-20-7-5-4-6-8-20)33(18-21-9-12-23(31)13-10-21)27(35)19-34(39(2,37)38)25-14-11-22(29)17-24(25)30/h4-14,17,26H,3,15-16,18-19H2,1-2H3,(H,32,36)/t26-/m1/s1.